The monoisotopic (exact) mass is 375 g/mol. The fourth-order valence-electron chi connectivity index (χ4n) is 2.87. The van der Waals surface area contributed by atoms with E-state index in [9.17, 15) is 4.79 Å². The molecule has 4 heteroatoms. The zero-order chi connectivity index (χ0) is 19.8. The van der Waals surface area contributed by atoms with Crippen LogP contribution in [0.3, 0.4) is 0 Å². The van der Waals surface area contributed by atoms with Crippen molar-refractivity contribution in [1.82, 2.24) is 0 Å². The summed E-state index contributed by atoms with van der Waals surface area (Å²) >= 11 is 0. The minimum atomic E-state index is -0.561. The summed E-state index contributed by atoms with van der Waals surface area (Å²) in [5.74, 6) is 1.29. The standard InChI is InChI=1S/C24H25NO3/c1-3-23(24(26)25-20-12-16-21(17-13-20)27-4-2)28-22-14-10-19(11-15-22)18-8-6-5-7-9-18/h5-17,23H,3-4H2,1-2H3,(H,25,26). The Morgan fingerprint density at radius 3 is 2.04 bits per heavy atom. The maximum absolute atomic E-state index is 12.6. The Morgan fingerprint density at radius 2 is 1.43 bits per heavy atom. The van der Waals surface area contributed by atoms with Gasteiger partial charge in [-0.15, -0.1) is 0 Å². The second-order valence-corrected chi connectivity index (χ2v) is 6.35. The molecule has 1 atom stereocenters. The van der Waals surface area contributed by atoms with E-state index in [-0.39, 0.29) is 5.91 Å². The Morgan fingerprint density at radius 1 is 0.821 bits per heavy atom. The molecule has 3 aromatic carbocycles. The molecule has 1 N–H and O–H groups in total. The van der Waals surface area contributed by atoms with Gasteiger partial charge in [-0.2, -0.15) is 0 Å². The summed E-state index contributed by atoms with van der Waals surface area (Å²) in [4.78, 5) is 12.6. The highest BCUT2D eigenvalue weighted by Gasteiger charge is 2.18. The van der Waals surface area contributed by atoms with Crippen molar-refractivity contribution in [2.24, 2.45) is 0 Å². The van der Waals surface area contributed by atoms with Gasteiger partial charge in [0.25, 0.3) is 5.91 Å². The Hall–Kier alpha value is -3.27. The lowest BCUT2D eigenvalue weighted by molar-refractivity contribution is -0.122. The van der Waals surface area contributed by atoms with Crippen molar-refractivity contribution in [3.05, 3.63) is 78.9 Å². The molecule has 1 unspecified atom stereocenters. The van der Waals surface area contributed by atoms with Gasteiger partial charge in [-0.3, -0.25) is 4.79 Å². The molecule has 28 heavy (non-hydrogen) atoms. The van der Waals surface area contributed by atoms with Gasteiger partial charge < -0.3 is 14.8 Å². The first-order valence-electron chi connectivity index (χ1n) is 9.55. The maximum atomic E-state index is 12.6. The van der Waals surface area contributed by atoms with E-state index in [1.807, 2.05) is 80.6 Å². The molecular weight excluding hydrogens is 350 g/mol. The number of carbonyl (C=O) groups excluding carboxylic acids is 1. The summed E-state index contributed by atoms with van der Waals surface area (Å²) in [5, 5.41) is 2.90. The first-order valence-corrected chi connectivity index (χ1v) is 9.55. The average Bonchev–Trinajstić information content (AvgIpc) is 2.74. The molecule has 0 saturated carbocycles. The topological polar surface area (TPSA) is 47.6 Å². The molecule has 0 bridgehead atoms. The van der Waals surface area contributed by atoms with Crippen LogP contribution in [-0.4, -0.2) is 18.6 Å². The van der Waals surface area contributed by atoms with Gasteiger partial charge in [0.15, 0.2) is 6.10 Å². The van der Waals surface area contributed by atoms with Gasteiger partial charge in [0.2, 0.25) is 0 Å². The van der Waals surface area contributed by atoms with Crippen LogP contribution in [0.25, 0.3) is 11.1 Å². The molecule has 3 aromatic rings. The summed E-state index contributed by atoms with van der Waals surface area (Å²) < 4.78 is 11.3. The largest absolute Gasteiger partial charge is 0.494 e. The molecule has 0 aliphatic rings. The predicted molar refractivity (Wildman–Crippen MR) is 113 cm³/mol. The van der Waals surface area contributed by atoms with Crippen molar-refractivity contribution in [2.75, 3.05) is 11.9 Å². The molecule has 144 valence electrons. The lowest BCUT2D eigenvalue weighted by Gasteiger charge is -2.18. The average molecular weight is 375 g/mol. The molecule has 0 fully saturated rings. The first kappa shape index (κ1) is 19.5. The van der Waals surface area contributed by atoms with Crippen LogP contribution in [0.5, 0.6) is 11.5 Å². The number of hydrogen-bond acceptors (Lipinski definition) is 3. The fourth-order valence-corrected chi connectivity index (χ4v) is 2.87. The molecule has 4 nitrogen and oxygen atoms in total. The van der Waals surface area contributed by atoms with E-state index in [0.717, 1.165) is 22.6 Å². The number of carbonyl (C=O) groups is 1. The molecule has 0 saturated heterocycles. The van der Waals surface area contributed by atoms with Crippen LogP contribution < -0.4 is 14.8 Å². The van der Waals surface area contributed by atoms with Crippen molar-refractivity contribution < 1.29 is 14.3 Å². The van der Waals surface area contributed by atoms with Crippen LogP contribution >= 0.6 is 0 Å². The van der Waals surface area contributed by atoms with Crippen LogP contribution in [0.1, 0.15) is 20.3 Å². The van der Waals surface area contributed by atoms with E-state index in [1.165, 1.54) is 0 Å². The van der Waals surface area contributed by atoms with E-state index in [0.29, 0.717) is 18.8 Å². The zero-order valence-corrected chi connectivity index (χ0v) is 16.2. The maximum Gasteiger partial charge on any atom is 0.265 e. The van der Waals surface area contributed by atoms with Crippen molar-refractivity contribution in [3.8, 4) is 22.6 Å². The predicted octanol–water partition coefficient (Wildman–Crippen LogP) is 5.55. The van der Waals surface area contributed by atoms with E-state index >= 15 is 0 Å². The number of anilines is 1. The van der Waals surface area contributed by atoms with Crippen LogP contribution in [0.2, 0.25) is 0 Å². The molecule has 3 rings (SSSR count). The highest BCUT2D eigenvalue weighted by molar-refractivity contribution is 5.94. The van der Waals surface area contributed by atoms with E-state index < -0.39 is 6.10 Å². The number of rotatable bonds is 8. The lowest BCUT2D eigenvalue weighted by atomic mass is 10.1. The second-order valence-electron chi connectivity index (χ2n) is 6.35. The Balaban J connectivity index is 1.62. The quantitative estimate of drug-likeness (QED) is 0.562. The van der Waals surface area contributed by atoms with Crippen molar-refractivity contribution >= 4 is 11.6 Å². The van der Waals surface area contributed by atoms with E-state index in [4.69, 9.17) is 9.47 Å². The first-order chi connectivity index (χ1) is 13.7. The summed E-state index contributed by atoms with van der Waals surface area (Å²) in [5.41, 5.74) is 2.98. The minimum absolute atomic E-state index is 0.168. The minimum Gasteiger partial charge on any atom is -0.494 e. The van der Waals surface area contributed by atoms with Gasteiger partial charge in [-0.05, 0) is 60.9 Å². The molecule has 0 spiro atoms. The molecule has 0 heterocycles. The number of hydrogen-bond donors (Lipinski definition) is 1. The van der Waals surface area contributed by atoms with Crippen molar-refractivity contribution in [2.45, 2.75) is 26.4 Å². The van der Waals surface area contributed by atoms with E-state index in [2.05, 4.69) is 17.4 Å². The summed E-state index contributed by atoms with van der Waals surface area (Å²) in [6, 6.07) is 25.3. The van der Waals surface area contributed by atoms with Gasteiger partial charge in [0, 0.05) is 5.69 Å². The van der Waals surface area contributed by atoms with Gasteiger partial charge in [0.05, 0.1) is 6.61 Å². The molecule has 0 aliphatic carbocycles. The van der Waals surface area contributed by atoms with Crippen molar-refractivity contribution in [3.63, 3.8) is 0 Å². The third-order valence-corrected chi connectivity index (χ3v) is 4.34. The summed E-state index contributed by atoms with van der Waals surface area (Å²) in [6.45, 7) is 4.48. The van der Waals surface area contributed by atoms with Crippen LogP contribution in [0.15, 0.2) is 78.9 Å². The Labute approximate surface area is 166 Å². The molecular formula is C24H25NO3. The Bertz CT molecular complexity index is 874. The lowest BCUT2D eigenvalue weighted by Crippen LogP contribution is -2.32. The number of amides is 1. The summed E-state index contributed by atoms with van der Waals surface area (Å²) in [7, 11) is 0. The Kier molecular flexibility index (Phi) is 6.68. The third kappa shape index (κ3) is 5.13. The second kappa shape index (κ2) is 9.60. The van der Waals surface area contributed by atoms with Crippen LogP contribution in [0.4, 0.5) is 5.69 Å². The number of ether oxygens (including phenoxy) is 2. The molecule has 1 amide bonds. The summed E-state index contributed by atoms with van der Waals surface area (Å²) in [6.07, 6.45) is 0.0117. The van der Waals surface area contributed by atoms with Gasteiger partial charge in [-0.25, -0.2) is 0 Å². The van der Waals surface area contributed by atoms with E-state index in [1.54, 1.807) is 0 Å². The third-order valence-electron chi connectivity index (χ3n) is 4.34. The smallest absolute Gasteiger partial charge is 0.265 e. The number of nitrogens with one attached hydrogen (secondary N) is 1. The van der Waals surface area contributed by atoms with Gasteiger partial charge in [-0.1, -0.05) is 49.4 Å². The zero-order valence-electron chi connectivity index (χ0n) is 16.2. The molecule has 0 radical (unpaired) electrons. The number of benzene rings is 3. The van der Waals surface area contributed by atoms with Crippen LogP contribution in [0, 0.1) is 0 Å². The molecule has 0 aliphatic heterocycles. The SMILES string of the molecule is CCOc1ccc(NC(=O)C(CC)Oc2ccc(-c3ccccc3)cc2)cc1. The highest BCUT2D eigenvalue weighted by atomic mass is 16.5. The fraction of sp³-hybridized carbons (Fsp3) is 0.208. The molecule has 0 aromatic heterocycles. The van der Waals surface area contributed by atoms with Gasteiger partial charge >= 0.3 is 0 Å². The highest BCUT2D eigenvalue weighted by Crippen LogP contribution is 2.23. The van der Waals surface area contributed by atoms with Crippen molar-refractivity contribution in [1.29, 1.82) is 0 Å². The van der Waals surface area contributed by atoms with Gasteiger partial charge in [0.1, 0.15) is 11.5 Å². The normalized spacial score (nSPS) is 11.5. The van der Waals surface area contributed by atoms with Crippen LogP contribution in [-0.2, 0) is 4.79 Å².